The van der Waals surface area contributed by atoms with Crippen molar-refractivity contribution >= 4 is 15.7 Å². The van der Waals surface area contributed by atoms with Crippen molar-refractivity contribution in [3.8, 4) is 0 Å². The molecule has 0 radical (unpaired) electrons. The van der Waals surface area contributed by atoms with Gasteiger partial charge < -0.3 is 0 Å². The van der Waals surface area contributed by atoms with Crippen LogP contribution >= 0.6 is 0 Å². The Morgan fingerprint density at radius 1 is 0.905 bits per heavy atom. The number of anilines is 1. The van der Waals surface area contributed by atoms with E-state index in [1.165, 1.54) is 4.31 Å². The van der Waals surface area contributed by atoms with E-state index < -0.39 is 10.0 Å². The van der Waals surface area contributed by atoms with Crippen LogP contribution in [0.15, 0.2) is 47.4 Å². The molecule has 0 unspecified atom stereocenters. The zero-order valence-corrected chi connectivity index (χ0v) is 13.7. The molecule has 0 aliphatic carbocycles. The minimum Gasteiger partial charge on any atom is -0.266 e. The van der Waals surface area contributed by atoms with E-state index in [9.17, 15) is 8.42 Å². The standard InChI is InChI=1S/C17H21NO2S/c1-5-18(17-12-14(3)6-9-15(17)4)21(19,20)16-10-7-13(2)8-11-16/h6-12H,5H2,1-4H3. The van der Waals surface area contributed by atoms with Crippen LogP contribution in [0, 0.1) is 20.8 Å². The topological polar surface area (TPSA) is 37.4 Å². The maximum absolute atomic E-state index is 12.9. The molecule has 4 heteroatoms. The Hall–Kier alpha value is -1.81. The van der Waals surface area contributed by atoms with Crippen molar-refractivity contribution < 1.29 is 8.42 Å². The Morgan fingerprint density at radius 2 is 1.48 bits per heavy atom. The molecule has 0 bridgehead atoms. The summed E-state index contributed by atoms with van der Waals surface area (Å²) in [5, 5.41) is 0. The normalized spacial score (nSPS) is 11.4. The summed E-state index contributed by atoms with van der Waals surface area (Å²) in [7, 11) is -3.53. The highest BCUT2D eigenvalue weighted by atomic mass is 32.2. The van der Waals surface area contributed by atoms with Gasteiger partial charge in [-0.2, -0.15) is 0 Å². The monoisotopic (exact) mass is 303 g/mol. The van der Waals surface area contributed by atoms with Gasteiger partial charge >= 0.3 is 0 Å². The fraction of sp³-hybridized carbons (Fsp3) is 0.294. The molecular weight excluding hydrogens is 282 g/mol. The Morgan fingerprint density at radius 3 is 2.05 bits per heavy atom. The SMILES string of the molecule is CCN(c1cc(C)ccc1C)S(=O)(=O)c1ccc(C)cc1. The third kappa shape index (κ3) is 3.10. The van der Waals surface area contributed by atoms with Crippen LogP contribution in [0.1, 0.15) is 23.6 Å². The minimum absolute atomic E-state index is 0.329. The van der Waals surface area contributed by atoms with E-state index in [-0.39, 0.29) is 0 Å². The molecule has 0 aromatic heterocycles. The first-order valence-electron chi connectivity index (χ1n) is 7.03. The van der Waals surface area contributed by atoms with Gasteiger partial charge in [0, 0.05) is 6.54 Å². The molecule has 0 aliphatic rings. The van der Waals surface area contributed by atoms with Gasteiger partial charge in [0.25, 0.3) is 10.0 Å². The highest BCUT2D eigenvalue weighted by molar-refractivity contribution is 7.92. The first-order chi connectivity index (χ1) is 9.86. The van der Waals surface area contributed by atoms with E-state index in [1.54, 1.807) is 12.1 Å². The smallest absolute Gasteiger partial charge is 0.264 e. The van der Waals surface area contributed by atoms with Crippen LogP contribution in [0.2, 0.25) is 0 Å². The molecule has 0 fully saturated rings. The Balaban J connectivity index is 2.54. The summed E-state index contributed by atoms with van der Waals surface area (Å²) in [4.78, 5) is 0.329. The van der Waals surface area contributed by atoms with Crippen LogP contribution in [0.25, 0.3) is 0 Å². The lowest BCUT2D eigenvalue weighted by atomic mass is 10.1. The number of hydrogen-bond donors (Lipinski definition) is 0. The summed E-state index contributed by atoms with van der Waals surface area (Å²) in [5.74, 6) is 0. The average Bonchev–Trinajstić information content (AvgIpc) is 2.43. The Labute approximate surface area is 127 Å². The first kappa shape index (κ1) is 15.6. The average molecular weight is 303 g/mol. The third-order valence-corrected chi connectivity index (χ3v) is 5.43. The second kappa shape index (κ2) is 5.90. The zero-order chi connectivity index (χ0) is 15.6. The fourth-order valence-electron chi connectivity index (χ4n) is 2.30. The van der Waals surface area contributed by atoms with Crippen molar-refractivity contribution in [1.82, 2.24) is 0 Å². The van der Waals surface area contributed by atoms with Crippen molar-refractivity contribution in [2.24, 2.45) is 0 Å². The fourth-order valence-corrected chi connectivity index (χ4v) is 3.83. The largest absolute Gasteiger partial charge is 0.266 e. The second-order valence-corrected chi connectivity index (χ2v) is 7.14. The van der Waals surface area contributed by atoms with Crippen molar-refractivity contribution in [3.05, 3.63) is 59.2 Å². The molecule has 3 nitrogen and oxygen atoms in total. The Kier molecular flexibility index (Phi) is 4.37. The van der Waals surface area contributed by atoms with Crippen LogP contribution in [-0.2, 0) is 10.0 Å². The quantitative estimate of drug-likeness (QED) is 0.861. The van der Waals surface area contributed by atoms with E-state index in [0.29, 0.717) is 11.4 Å². The third-order valence-electron chi connectivity index (χ3n) is 3.53. The van der Waals surface area contributed by atoms with Crippen molar-refractivity contribution in [2.75, 3.05) is 10.8 Å². The highest BCUT2D eigenvalue weighted by Gasteiger charge is 2.24. The van der Waals surface area contributed by atoms with Gasteiger partial charge in [0.1, 0.15) is 0 Å². The van der Waals surface area contributed by atoms with Gasteiger partial charge in [-0.15, -0.1) is 0 Å². The number of aryl methyl sites for hydroxylation is 3. The summed E-state index contributed by atoms with van der Waals surface area (Å²) in [6, 6.07) is 12.8. The van der Waals surface area contributed by atoms with Crippen molar-refractivity contribution in [3.63, 3.8) is 0 Å². The van der Waals surface area contributed by atoms with Crippen LogP contribution < -0.4 is 4.31 Å². The molecule has 2 aromatic carbocycles. The maximum atomic E-state index is 12.9. The summed E-state index contributed by atoms with van der Waals surface area (Å²) in [6.07, 6.45) is 0. The van der Waals surface area contributed by atoms with Crippen LogP contribution in [0.4, 0.5) is 5.69 Å². The number of rotatable bonds is 4. The summed E-state index contributed by atoms with van der Waals surface area (Å²) in [6.45, 7) is 8.10. The lowest BCUT2D eigenvalue weighted by molar-refractivity contribution is 0.591. The molecule has 0 spiro atoms. The van der Waals surface area contributed by atoms with Gasteiger partial charge in [-0.05, 0) is 57.0 Å². The van der Waals surface area contributed by atoms with Gasteiger partial charge in [-0.3, -0.25) is 4.31 Å². The van der Waals surface area contributed by atoms with E-state index in [1.807, 2.05) is 58.0 Å². The van der Waals surface area contributed by atoms with Gasteiger partial charge in [0.2, 0.25) is 0 Å². The van der Waals surface area contributed by atoms with E-state index in [0.717, 1.165) is 22.4 Å². The summed E-state index contributed by atoms with van der Waals surface area (Å²) >= 11 is 0. The highest BCUT2D eigenvalue weighted by Crippen LogP contribution is 2.27. The van der Waals surface area contributed by atoms with Crippen LogP contribution in [-0.4, -0.2) is 15.0 Å². The molecular formula is C17H21NO2S. The van der Waals surface area contributed by atoms with E-state index in [4.69, 9.17) is 0 Å². The molecule has 0 amide bonds. The maximum Gasteiger partial charge on any atom is 0.264 e. The molecule has 2 aromatic rings. The van der Waals surface area contributed by atoms with Crippen LogP contribution in [0.3, 0.4) is 0 Å². The summed E-state index contributed by atoms with van der Waals surface area (Å²) in [5.41, 5.74) is 3.80. The minimum atomic E-state index is -3.53. The molecule has 0 atom stereocenters. The summed E-state index contributed by atoms with van der Waals surface area (Å²) < 4.78 is 27.2. The molecule has 112 valence electrons. The lowest BCUT2D eigenvalue weighted by Crippen LogP contribution is -2.31. The molecule has 0 N–H and O–H groups in total. The Bertz CT molecular complexity index is 734. The predicted molar refractivity (Wildman–Crippen MR) is 87.3 cm³/mol. The zero-order valence-electron chi connectivity index (χ0n) is 12.9. The number of nitrogens with zero attached hydrogens (tertiary/aromatic N) is 1. The predicted octanol–water partition coefficient (Wildman–Crippen LogP) is 3.83. The van der Waals surface area contributed by atoms with Gasteiger partial charge in [-0.25, -0.2) is 8.42 Å². The molecule has 0 saturated carbocycles. The van der Waals surface area contributed by atoms with Crippen molar-refractivity contribution in [1.29, 1.82) is 0 Å². The first-order valence-corrected chi connectivity index (χ1v) is 8.47. The van der Waals surface area contributed by atoms with Gasteiger partial charge in [-0.1, -0.05) is 29.8 Å². The number of sulfonamides is 1. The van der Waals surface area contributed by atoms with Gasteiger partial charge in [0.05, 0.1) is 10.6 Å². The lowest BCUT2D eigenvalue weighted by Gasteiger charge is -2.25. The molecule has 0 aliphatic heterocycles. The molecule has 2 rings (SSSR count). The van der Waals surface area contributed by atoms with Crippen molar-refractivity contribution in [2.45, 2.75) is 32.6 Å². The number of benzene rings is 2. The second-order valence-electron chi connectivity index (χ2n) is 5.27. The molecule has 21 heavy (non-hydrogen) atoms. The van der Waals surface area contributed by atoms with Gasteiger partial charge in [0.15, 0.2) is 0 Å². The van der Waals surface area contributed by atoms with E-state index >= 15 is 0 Å². The van der Waals surface area contributed by atoms with E-state index in [2.05, 4.69) is 0 Å². The van der Waals surface area contributed by atoms with Crippen LogP contribution in [0.5, 0.6) is 0 Å². The molecule has 0 saturated heterocycles. The number of hydrogen-bond acceptors (Lipinski definition) is 2. The molecule has 0 heterocycles.